The summed E-state index contributed by atoms with van der Waals surface area (Å²) in [6.07, 6.45) is -1.63. The second kappa shape index (κ2) is 12.0. The standard InChI is InChI=1S/C10H17NO9S/c1-9(20-11(14)15)19-10(13)18-5-3-7-21(16)6-2-4-17-8-12/h8-9H,2-7H2,1H3. The smallest absolute Gasteiger partial charge is 0.510 e. The highest BCUT2D eigenvalue weighted by atomic mass is 32.2. The maximum absolute atomic E-state index is 11.5. The van der Waals surface area contributed by atoms with Crippen molar-refractivity contribution in [3.63, 3.8) is 0 Å². The molecule has 0 rings (SSSR count). The molecule has 0 aliphatic carbocycles. The van der Waals surface area contributed by atoms with E-state index in [1.807, 2.05) is 0 Å². The second-order valence-corrected chi connectivity index (χ2v) is 5.33. The van der Waals surface area contributed by atoms with Crippen molar-refractivity contribution in [2.24, 2.45) is 0 Å². The van der Waals surface area contributed by atoms with Crippen molar-refractivity contribution >= 4 is 23.8 Å². The van der Waals surface area contributed by atoms with Crippen LogP contribution in [-0.2, 0) is 35.0 Å². The Bertz CT molecular complexity index is 328. The van der Waals surface area contributed by atoms with Gasteiger partial charge in [0.05, 0.1) is 13.2 Å². The fourth-order valence-corrected chi connectivity index (χ4v) is 2.22. The molecule has 0 aromatic heterocycles. The number of hydrogen-bond donors (Lipinski definition) is 0. The van der Waals surface area contributed by atoms with Gasteiger partial charge in [-0.3, -0.25) is 9.63 Å². The zero-order valence-corrected chi connectivity index (χ0v) is 12.2. The molecule has 2 unspecified atom stereocenters. The monoisotopic (exact) mass is 327 g/mol. The zero-order chi connectivity index (χ0) is 16.1. The third kappa shape index (κ3) is 13.0. The minimum absolute atomic E-state index is 0.0272. The molecular formula is C10H17NO9S. The lowest BCUT2D eigenvalue weighted by Crippen LogP contribution is -2.22. The summed E-state index contributed by atoms with van der Waals surface area (Å²) < 4.78 is 24.9. The summed E-state index contributed by atoms with van der Waals surface area (Å²) >= 11 is -1.10. The molecule has 10 nitrogen and oxygen atoms in total. The predicted molar refractivity (Wildman–Crippen MR) is 69.1 cm³/mol. The van der Waals surface area contributed by atoms with E-state index < -0.39 is 28.7 Å². The Kier molecular flexibility index (Phi) is 11.0. The molecular weight excluding hydrogens is 310 g/mol. The molecule has 0 radical (unpaired) electrons. The van der Waals surface area contributed by atoms with Gasteiger partial charge in [0.15, 0.2) is 0 Å². The summed E-state index contributed by atoms with van der Waals surface area (Å²) in [6.45, 7) is 1.68. The van der Waals surface area contributed by atoms with Crippen LogP contribution in [0.5, 0.6) is 0 Å². The van der Waals surface area contributed by atoms with E-state index >= 15 is 0 Å². The minimum atomic E-state index is -1.36. The van der Waals surface area contributed by atoms with Gasteiger partial charge in [-0.25, -0.2) is 4.79 Å². The maximum atomic E-state index is 11.5. The van der Waals surface area contributed by atoms with Gasteiger partial charge in [-0.2, -0.15) is 0 Å². The molecule has 0 bridgehead atoms. The van der Waals surface area contributed by atoms with Crippen LogP contribution in [0.25, 0.3) is 0 Å². The van der Waals surface area contributed by atoms with Crippen molar-refractivity contribution in [2.75, 3.05) is 24.7 Å². The predicted octanol–water partition coefficient (Wildman–Crippen LogP) is 0.396. The van der Waals surface area contributed by atoms with Gasteiger partial charge in [0.1, 0.15) is 11.5 Å². The van der Waals surface area contributed by atoms with Gasteiger partial charge < -0.3 is 18.8 Å². The van der Waals surface area contributed by atoms with Crippen molar-refractivity contribution in [1.82, 2.24) is 0 Å². The van der Waals surface area contributed by atoms with E-state index in [1.54, 1.807) is 0 Å². The lowest BCUT2D eigenvalue weighted by atomic mass is 10.5. The SMILES string of the molecule is CC(OC(=O)OCCC[S+]([O-])CCCOC=O)O[N+](=O)[O-]. The average Bonchev–Trinajstić information content (AvgIpc) is 2.38. The Morgan fingerprint density at radius 2 is 1.95 bits per heavy atom. The fourth-order valence-electron chi connectivity index (χ4n) is 1.14. The third-order valence-corrected chi connectivity index (χ3v) is 3.42. The topological polar surface area (TPSA) is 137 Å². The van der Waals surface area contributed by atoms with Gasteiger partial charge in [0, 0.05) is 12.8 Å². The van der Waals surface area contributed by atoms with Crippen molar-refractivity contribution in [1.29, 1.82) is 0 Å². The Morgan fingerprint density at radius 1 is 1.33 bits per heavy atom. The molecule has 0 spiro atoms. The number of rotatable bonds is 12. The molecule has 21 heavy (non-hydrogen) atoms. The van der Waals surface area contributed by atoms with Gasteiger partial charge >= 0.3 is 6.16 Å². The van der Waals surface area contributed by atoms with E-state index in [2.05, 4.69) is 19.0 Å². The summed E-state index contributed by atoms with van der Waals surface area (Å²) in [5.41, 5.74) is 0. The Hall–Kier alpha value is -1.75. The highest BCUT2D eigenvalue weighted by Crippen LogP contribution is 2.00. The zero-order valence-electron chi connectivity index (χ0n) is 11.4. The first kappa shape index (κ1) is 19.2. The van der Waals surface area contributed by atoms with E-state index in [9.17, 15) is 24.3 Å². The van der Waals surface area contributed by atoms with E-state index in [-0.39, 0.29) is 13.2 Å². The van der Waals surface area contributed by atoms with Gasteiger partial charge in [0.25, 0.3) is 11.6 Å². The summed E-state index contributed by atoms with van der Waals surface area (Å²) in [5.74, 6) is 0.696. The molecule has 2 atom stereocenters. The van der Waals surface area contributed by atoms with Crippen LogP contribution < -0.4 is 0 Å². The molecule has 0 aromatic carbocycles. The van der Waals surface area contributed by atoms with Gasteiger partial charge in [-0.05, 0) is 6.92 Å². The van der Waals surface area contributed by atoms with Crippen molar-refractivity contribution in [3.05, 3.63) is 10.1 Å². The Morgan fingerprint density at radius 3 is 2.52 bits per heavy atom. The number of hydrogen-bond acceptors (Lipinski definition) is 9. The number of nitrogens with zero attached hydrogens (tertiary/aromatic N) is 1. The van der Waals surface area contributed by atoms with Gasteiger partial charge in [-0.1, -0.05) is 11.2 Å². The van der Waals surface area contributed by atoms with Crippen LogP contribution in [0.15, 0.2) is 0 Å². The van der Waals surface area contributed by atoms with E-state index in [0.717, 1.165) is 0 Å². The lowest BCUT2D eigenvalue weighted by molar-refractivity contribution is -0.777. The van der Waals surface area contributed by atoms with Crippen LogP contribution in [0.2, 0.25) is 0 Å². The molecule has 11 heteroatoms. The molecule has 0 fully saturated rings. The maximum Gasteiger partial charge on any atom is 0.510 e. The number of carbonyl (C=O) groups is 2. The molecule has 0 amide bonds. The first-order valence-corrected chi connectivity index (χ1v) is 7.49. The Labute approximate surface area is 124 Å². The van der Waals surface area contributed by atoms with Crippen LogP contribution in [0.3, 0.4) is 0 Å². The van der Waals surface area contributed by atoms with E-state index in [0.29, 0.717) is 30.8 Å². The van der Waals surface area contributed by atoms with Crippen molar-refractivity contribution < 1.29 is 38.3 Å². The molecule has 0 aliphatic rings. The molecule has 0 saturated heterocycles. The first-order chi connectivity index (χ1) is 9.95. The van der Waals surface area contributed by atoms with Crippen LogP contribution in [-0.4, -0.2) is 53.3 Å². The molecule has 0 heterocycles. The van der Waals surface area contributed by atoms with Crippen molar-refractivity contribution in [2.45, 2.75) is 26.1 Å². The van der Waals surface area contributed by atoms with Crippen molar-refractivity contribution in [3.8, 4) is 0 Å². The van der Waals surface area contributed by atoms with E-state index in [1.165, 1.54) is 6.92 Å². The quantitative estimate of drug-likeness (QED) is 0.0947. The molecule has 0 aliphatic heterocycles. The molecule has 0 saturated carbocycles. The van der Waals surface area contributed by atoms with Crippen LogP contribution in [0.4, 0.5) is 4.79 Å². The lowest BCUT2D eigenvalue weighted by Gasteiger charge is -2.12. The average molecular weight is 327 g/mol. The van der Waals surface area contributed by atoms with E-state index in [4.69, 9.17) is 0 Å². The number of ether oxygens (including phenoxy) is 3. The highest BCUT2D eigenvalue weighted by molar-refractivity contribution is 7.91. The minimum Gasteiger partial charge on any atom is -0.616 e. The summed E-state index contributed by atoms with van der Waals surface area (Å²) in [5, 5.41) is 8.86. The summed E-state index contributed by atoms with van der Waals surface area (Å²) in [4.78, 5) is 34.8. The summed E-state index contributed by atoms with van der Waals surface area (Å²) in [6, 6.07) is 0. The third-order valence-electron chi connectivity index (χ3n) is 1.94. The first-order valence-electron chi connectivity index (χ1n) is 6.00. The molecule has 0 aromatic rings. The largest absolute Gasteiger partial charge is 0.616 e. The fraction of sp³-hybridized carbons (Fsp3) is 0.800. The van der Waals surface area contributed by atoms with Gasteiger partial charge in [-0.15, -0.1) is 10.1 Å². The Balaban J connectivity index is 3.54. The highest BCUT2D eigenvalue weighted by Gasteiger charge is 2.14. The number of carbonyl (C=O) groups excluding carboxylic acids is 2. The van der Waals surface area contributed by atoms with Crippen LogP contribution in [0.1, 0.15) is 19.8 Å². The second-order valence-electron chi connectivity index (χ2n) is 3.64. The van der Waals surface area contributed by atoms with Crippen LogP contribution in [0, 0.1) is 10.1 Å². The normalized spacial score (nSPS) is 12.9. The molecule has 122 valence electrons. The summed E-state index contributed by atoms with van der Waals surface area (Å²) in [7, 11) is 0. The molecule has 0 N–H and O–H groups in total. The van der Waals surface area contributed by atoms with Crippen LogP contribution >= 0.6 is 0 Å². The van der Waals surface area contributed by atoms with Gasteiger partial charge in [0.2, 0.25) is 6.29 Å².